The lowest BCUT2D eigenvalue weighted by Crippen LogP contribution is -2.35. The molecular formula is C13H24N4O2. The van der Waals surface area contributed by atoms with Crippen LogP contribution in [-0.2, 0) is 7.05 Å². The van der Waals surface area contributed by atoms with E-state index in [0.717, 1.165) is 0 Å². The molecule has 6 nitrogen and oxygen atoms in total. The van der Waals surface area contributed by atoms with Crippen LogP contribution in [0.2, 0.25) is 0 Å². The molecule has 0 aromatic carbocycles. The minimum absolute atomic E-state index is 0.0201. The number of anilines is 1. The lowest BCUT2D eigenvalue weighted by Gasteiger charge is -2.22. The molecule has 0 spiro atoms. The standard InChI is InChI=1S/C13H24N4O2/c1-8-10(14)11(17(5)16-8)12(19)15-7-9(18)6-13(2,3)4/h9,18H,6-7,14H2,1-5H3,(H,15,19). The van der Waals surface area contributed by atoms with Gasteiger partial charge in [0.1, 0.15) is 5.69 Å². The first-order valence-corrected chi connectivity index (χ1v) is 6.37. The zero-order valence-electron chi connectivity index (χ0n) is 12.3. The number of nitrogens with zero attached hydrogens (tertiary/aromatic N) is 2. The highest BCUT2D eigenvalue weighted by Crippen LogP contribution is 2.20. The second kappa shape index (κ2) is 5.61. The predicted octanol–water partition coefficient (Wildman–Crippen LogP) is 0.838. The maximum absolute atomic E-state index is 12.0. The Bertz CT molecular complexity index is 460. The first-order valence-electron chi connectivity index (χ1n) is 6.37. The quantitative estimate of drug-likeness (QED) is 0.754. The van der Waals surface area contributed by atoms with E-state index >= 15 is 0 Å². The number of aryl methyl sites for hydroxylation is 2. The summed E-state index contributed by atoms with van der Waals surface area (Å²) in [5, 5.41) is 16.6. The fourth-order valence-electron chi connectivity index (χ4n) is 2.02. The molecule has 1 amide bonds. The van der Waals surface area contributed by atoms with Crippen molar-refractivity contribution in [1.82, 2.24) is 15.1 Å². The predicted molar refractivity (Wildman–Crippen MR) is 74.8 cm³/mol. The molecule has 1 unspecified atom stereocenters. The molecule has 0 aliphatic rings. The van der Waals surface area contributed by atoms with Crippen molar-refractivity contribution in [2.75, 3.05) is 12.3 Å². The molecule has 0 fully saturated rings. The third-order valence-electron chi connectivity index (χ3n) is 2.83. The van der Waals surface area contributed by atoms with Crippen molar-refractivity contribution in [1.29, 1.82) is 0 Å². The highest BCUT2D eigenvalue weighted by atomic mass is 16.3. The fourth-order valence-corrected chi connectivity index (χ4v) is 2.02. The number of hydrogen-bond acceptors (Lipinski definition) is 4. The molecule has 4 N–H and O–H groups in total. The van der Waals surface area contributed by atoms with Gasteiger partial charge in [0.2, 0.25) is 0 Å². The number of aliphatic hydroxyl groups excluding tert-OH is 1. The number of nitrogen functional groups attached to an aromatic ring is 1. The minimum Gasteiger partial charge on any atom is -0.395 e. The Labute approximate surface area is 114 Å². The van der Waals surface area contributed by atoms with Crippen LogP contribution in [0.1, 0.15) is 43.4 Å². The second-order valence-electron chi connectivity index (χ2n) is 6.10. The molecule has 0 radical (unpaired) electrons. The molecule has 1 aromatic rings. The van der Waals surface area contributed by atoms with Gasteiger partial charge in [-0.15, -0.1) is 0 Å². The van der Waals surface area contributed by atoms with Gasteiger partial charge in [0.15, 0.2) is 0 Å². The number of aromatic nitrogens is 2. The molecule has 1 rings (SSSR count). The van der Waals surface area contributed by atoms with E-state index in [2.05, 4.69) is 10.4 Å². The number of hydrogen-bond donors (Lipinski definition) is 3. The van der Waals surface area contributed by atoms with Crippen LogP contribution < -0.4 is 11.1 Å². The van der Waals surface area contributed by atoms with E-state index < -0.39 is 6.10 Å². The number of carbonyl (C=O) groups is 1. The van der Waals surface area contributed by atoms with Gasteiger partial charge in [-0.2, -0.15) is 5.10 Å². The Morgan fingerprint density at radius 1 is 1.53 bits per heavy atom. The third kappa shape index (κ3) is 4.24. The molecule has 0 saturated heterocycles. The van der Waals surface area contributed by atoms with E-state index in [0.29, 0.717) is 23.5 Å². The summed E-state index contributed by atoms with van der Waals surface area (Å²) in [6.07, 6.45) is 0.0483. The van der Waals surface area contributed by atoms with Crippen LogP contribution in [0.5, 0.6) is 0 Å². The molecule has 1 heterocycles. The van der Waals surface area contributed by atoms with Crippen LogP contribution in [0.15, 0.2) is 0 Å². The molecule has 1 aromatic heterocycles. The van der Waals surface area contributed by atoms with Gasteiger partial charge < -0.3 is 16.2 Å². The van der Waals surface area contributed by atoms with Crippen LogP contribution in [0.4, 0.5) is 5.69 Å². The van der Waals surface area contributed by atoms with E-state index in [1.807, 2.05) is 20.8 Å². The summed E-state index contributed by atoms with van der Waals surface area (Å²) < 4.78 is 1.45. The van der Waals surface area contributed by atoms with Gasteiger partial charge in [0.25, 0.3) is 5.91 Å². The normalized spacial score (nSPS) is 13.4. The summed E-state index contributed by atoms with van der Waals surface area (Å²) in [4.78, 5) is 12.0. The Balaban J connectivity index is 2.61. The van der Waals surface area contributed by atoms with Crippen molar-refractivity contribution in [3.05, 3.63) is 11.4 Å². The Kier molecular flexibility index (Phi) is 4.57. The molecular weight excluding hydrogens is 244 g/mol. The summed E-state index contributed by atoms with van der Waals surface area (Å²) >= 11 is 0. The van der Waals surface area contributed by atoms with Crippen molar-refractivity contribution in [3.8, 4) is 0 Å². The van der Waals surface area contributed by atoms with E-state index in [-0.39, 0.29) is 17.9 Å². The average Bonchev–Trinajstić information content (AvgIpc) is 2.47. The number of rotatable bonds is 4. The Hall–Kier alpha value is -1.56. The van der Waals surface area contributed by atoms with E-state index in [1.165, 1.54) is 4.68 Å². The van der Waals surface area contributed by atoms with Gasteiger partial charge in [0.05, 0.1) is 17.5 Å². The van der Waals surface area contributed by atoms with Crippen LogP contribution in [0, 0.1) is 12.3 Å². The Morgan fingerprint density at radius 2 is 2.11 bits per heavy atom. The average molecular weight is 268 g/mol. The minimum atomic E-state index is -0.570. The highest BCUT2D eigenvalue weighted by Gasteiger charge is 2.20. The summed E-state index contributed by atoms with van der Waals surface area (Å²) in [6, 6.07) is 0. The lowest BCUT2D eigenvalue weighted by molar-refractivity contribution is 0.0861. The monoisotopic (exact) mass is 268 g/mol. The summed E-state index contributed by atoms with van der Waals surface area (Å²) in [7, 11) is 1.67. The molecule has 108 valence electrons. The van der Waals surface area contributed by atoms with Crippen molar-refractivity contribution >= 4 is 11.6 Å². The smallest absolute Gasteiger partial charge is 0.271 e. The van der Waals surface area contributed by atoms with E-state index in [1.54, 1.807) is 14.0 Å². The molecule has 19 heavy (non-hydrogen) atoms. The van der Waals surface area contributed by atoms with Gasteiger partial charge in [-0.1, -0.05) is 20.8 Å². The Morgan fingerprint density at radius 3 is 2.53 bits per heavy atom. The van der Waals surface area contributed by atoms with Gasteiger partial charge in [-0.25, -0.2) is 0 Å². The third-order valence-corrected chi connectivity index (χ3v) is 2.83. The van der Waals surface area contributed by atoms with Crippen LogP contribution >= 0.6 is 0 Å². The van der Waals surface area contributed by atoms with E-state index in [9.17, 15) is 9.90 Å². The highest BCUT2D eigenvalue weighted by molar-refractivity contribution is 5.97. The zero-order valence-corrected chi connectivity index (χ0v) is 12.3. The van der Waals surface area contributed by atoms with Gasteiger partial charge in [0, 0.05) is 13.6 Å². The number of carbonyl (C=O) groups excluding carboxylic acids is 1. The summed E-state index contributed by atoms with van der Waals surface area (Å²) in [6.45, 7) is 8.09. The van der Waals surface area contributed by atoms with Crippen LogP contribution in [-0.4, -0.2) is 33.4 Å². The number of nitrogens with two attached hydrogens (primary N) is 1. The molecule has 0 saturated carbocycles. The maximum atomic E-state index is 12.0. The summed E-state index contributed by atoms with van der Waals surface area (Å²) in [5.41, 5.74) is 7.17. The number of amides is 1. The van der Waals surface area contributed by atoms with Crippen LogP contribution in [0.25, 0.3) is 0 Å². The van der Waals surface area contributed by atoms with Gasteiger partial charge >= 0.3 is 0 Å². The fraction of sp³-hybridized carbons (Fsp3) is 0.692. The van der Waals surface area contributed by atoms with Crippen molar-refractivity contribution in [2.45, 2.75) is 40.2 Å². The largest absolute Gasteiger partial charge is 0.395 e. The molecule has 1 atom stereocenters. The number of nitrogens with one attached hydrogen (secondary N) is 1. The van der Waals surface area contributed by atoms with Crippen molar-refractivity contribution in [2.24, 2.45) is 12.5 Å². The van der Waals surface area contributed by atoms with Crippen molar-refractivity contribution in [3.63, 3.8) is 0 Å². The first-order chi connectivity index (χ1) is 8.61. The molecule has 0 bridgehead atoms. The van der Waals surface area contributed by atoms with Gasteiger partial charge in [-0.05, 0) is 18.8 Å². The first kappa shape index (κ1) is 15.5. The van der Waals surface area contributed by atoms with E-state index in [4.69, 9.17) is 5.73 Å². The second-order valence-corrected chi connectivity index (χ2v) is 6.10. The molecule has 0 aliphatic carbocycles. The SMILES string of the molecule is Cc1nn(C)c(C(=O)NCC(O)CC(C)(C)C)c1N. The topological polar surface area (TPSA) is 93.2 Å². The van der Waals surface area contributed by atoms with Crippen molar-refractivity contribution < 1.29 is 9.90 Å². The maximum Gasteiger partial charge on any atom is 0.271 e. The van der Waals surface area contributed by atoms with Gasteiger partial charge in [-0.3, -0.25) is 9.48 Å². The molecule has 0 aliphatic heterocycles. The lowest BCUT2D eigenvalue weighted by atomic mass is 9.89. The summed E-state index contributed by atoms with van der Waals surface area (Å²) in [5.74, 6) is -0.312. The number of aliphatic hydroxyl groups is 1. The van der Waals surface area contributed by atoms with Crippen LogP contribution in [0.3, 0.4) is 0 Å². The molecule has 6 heteroatoms. The zero-order chi connectivity index (χ0) is 14.8.